The van der Waals surface area contributed by atoms with E-state index in [0.717, 1.165) is 23.2 Å². The highest BCUT2D eigenvalue weighted by atomic mass is 16.2. The maximum Gasteiger partial charge on any atom is 0.227 e. The first kappa shape index (κ1) is 18.8. The molecule has 0 unspecified atom stereocenters. The highest BCUT2D eigenvalue weighted by Crippen LogP contribution is 2.26. The van der Waals surface area contributed by atoms with Gasteiger partial charge in [0.15, 0.2) is 0 Å². The van der Waals surface area contributed by atoms with Crippen molar-refractivity contribution in [3.63, 3.8) is 0 Å². The summed E-state index contributed by atoms with van der Waals surface area (Å²) in [6.45, 7) is 1.18. The Balaban J connectivity index is 1.63. The van der Waals surface area contributed by atoms with E-state index in [9.17, 15) is 10.1 Å². The molecule has 0 aliphatic carbocycles. The largest absolute Gasteiger partial charge is 0.383 e. The third-order valence-electron chi connectivity index (χ3n) is 5.38. The van der Waals surface area contributed by atoms with Crippen molar-refractivity contribution in [2.45, 2.75) is 25.4 Å². The molecule has 0 aromatic heterocycles. The van der Waals surface area contributed by atoms with Gasteiger partial charge < -0.3 is 10.2 Å². The minimum atomic E-state index is 0.0338. The molecule has 1 atom stereocenters. The maximum absolute atomic E-state index is 13.3. The molecule has 0 saturated heterocycles. The number of carbonyl (C=O) groups excluding carboxylic acids is 1. The number of amides is 1. The Labute approximate surface area is 171 Å². The number of rotatable bonds is 4. The van der Waals surface area contributed by atoms with E-state index in [-0.39, 0.29) is 11.9 Å². The van der Waals surface area contributed by atoms with Crippen molar-refractivity contribution in [2.75, 3.05) is 11.9 Å². The number of nitriles is 1. The van der Waals surface area contributed by atoms with Gasteiger partial charge in [0.1, 0.15) is 0 Å². The van der Waals surface area contributed by atoms with Crippen molar-refractivity contribution in [3.8, 4) is 6.07 Å². The van der Waals surface area contributed by atoms with E-state index in [0.29, 0.717) is 25.1 Å². The molecule has 1 aliphatic rings. The Morgan fingerprint density at radius 1 is 1.00 bits per heavy atom. The number of nitrogens with zero attached hydrogens (tertiary/aromatic N) is 2. The van der Waals surface area contributed by atoms with Gasteiger partial charge in [-0.3, -0.25) is 4.79 Å². The van der Waals surface area contributed by atoms with Gasteiger partial charge in [0.05, 0.1) is 24.1 Å². The Morgan fingerprint density at radius 3 is 2.38 bits per heavy atom. The molecule has 0 radical (unpaired) electrons. The summed E-state index contributed by atoms with van der Waals surface area (Å²) in [4.78, 5) is 15.3. The Morgan fingerprint density at radius 2 is 1.69 bits per heavy atom. The molecule has 4 nitrogen and oxygen atoms in total. The zero-order valence-electron chi connectivity index (χ0n) is 16.2. The molecule has 4 heteroatoms. The van der Waals surface area contributed by atoms with Crippen LogP contribution < -0.4 is 5.32 Å². The van der Waals surface area contributed by atoms with Crippen LogP contribution in [0.3, 0.4) is 0 Å². The second kappa shape index (κ2) is 8.62. The molecule has 3 aromatic rings. The van der Waals surface area contributed by atoms with Gasteiger partial charge in [-0.15, -0.1) is 0 Å². The van der Waals surface area contributed by atoms with Gasteiger partial charge in [-0.1, -0.05) is 60.7 Å². The Hall–Kier alpha value is -3.58. The lowest BCUT2D eigenvalue weighted by atomic mass is 10.0. The first-order valence-electron chi connectivity index (χ1n) is 9.87. The van der Waals surface area contributed by atoms with E-state index in [4.69, 9.17) is 0 Å². The highest BCUT2D eigenvalue weighted by Gasteiger charge is 2.28. The van der Waals surface area contributed by atoms with Gasteiger partial charge in [-0.05, 0) is 41.3 Å². The third-order valence-corrected chi connectivity index (χ3v) is 5.38. The lowest BCUT2D eigenvalue weighted by molar-refractivity contribution is -0.133. The molecule has 1 N–H and O–H groups in total. The van der Waals surface area contributed by atoms with Crippen LogP contribution in [0.2, 0.25) is 0 Å². The van der Waals surface area contributed by atoms with Gasteiger partial charge in [-0.25, -0.2) is 0 Å². The van der Waals surface area contributed by atoms with Crippen LogP contribution >= 0.6 is 0 Å². The third kappa shape index (κ3) is 4.47. The normalized spacial score (nSPS) is 15.6. The van der Waals surface area contributed by atoms with Crippen molar-refractivity contribution in [1.82, 2.24) is 4.90 Å². The SMILES string of the molecule is N#Cc1ccc2c(c1)CN(C(=O)Cc1ccccc1)[C@H](Cc1ccccc1)CN2. The van der Waals surface area contributed by atoms with Gasteiger partial charge >= 0.3 is 0 Å². The van der Waals surface area contributed by atoms with E-state index in [2.05, 4.69) is 23.5 Å². The molecule has 0 spiro atoms. The molecular formula is C25H23N3O. The maximum atomic E-state index is 13.3. The fourth-order valence-corrected chi connectivity index (χ4v) is 3.85. The summed E-state index contributed by atoms with van der Waals surface area (Å²) in [5.41, 5.74) is 4.82. The van der Waals surface area contributed by atoms with Gasteiger partial charge in [0, 0.05) is 18.8 Å². The average Bonchev–Trinajstić information content (AvgIpc) is 2.94. The zero-order valence-corrected chi connectivity index (χ0v) is 16.2. The summed E-state index contributed by atoms with van der Waals surface area (Å²) < 4.78 is 0. The summed E-state index contributed by atoms with van der Waals surface area (Å²) in [5.74, 6) is 0.106. The Kier molecular flexibility index (Phi) is 5.58. The van der Waals surface area contributed by atoms with Crippen LogP contribution in [-0.2, 0) is 24.2 Å². The zero-order chi connectivity index (χ0) is 20.1. The number of nitrogens with one attached hydrogen (secondary N) is 1. The van der Waals surface area contributed by atoms with Crippen molar-refractivity contribution in [3.05, 3.63) is 101 Å². The quantitative estimate of drug-likeness (QED) is 0.738. The lowest BCUT2D eigenvalue weighted by Crippen LogP contribution is -2.44. The number of hydrogen-bond donors (Lipinski definition) is 1. The second-order valence-electron chi connectivity index (χ2n) is 7.39. The molecule has 4 rings (SSSR count). The molecule has 144 valence electrons. The van der Waals surface area contributed by atoms with Crippen LogP contribution in [0.15, 0.2) is 78.9 Å². The minimum Gasteiger partial charge on any atom is -0.383 e. The number of hydrogen-bond acceptors (Lipinski definition) is 3. The molecule has 0 saturated carbocycles. The Bertz CT molecular complexity index is 1020. The van der Waals surface area contributed by atoms with Gasteiger partial charge in [0.25, 0.3) is 0 Å². The van der Waals surface area contributed by atoms with Crippen LogP contribution in [0.5, 0.6) is 0 Å². The fourth-order valence-electron chi connectivity index (χ4n) is 3.85. The number of carbonyl (C=O) groups is 1. The smallest absolute Gasteiger partial charge is 0.227 e. The lowest BCUT2D eigenvalue weighted by Gasteiger charge is -2.30. The predicted octanol–water partition coefficient (Wildman–Crippen LogP) is 4.17. The van der Waals surface area contributed by atoms with Crippen LogP contribution in [0.1, 0.15) is 22.3 Å². The summed E-state index contributed by atoms with van der Waals surface area (Å²) >= 11 is 0. The standard InChI is InChI=1S/C25H23N3O/c26-16-21-11-12-24-22(13-21)18-28(25(29)15-20-9-5-2-6-10-20)23(17-27-24)14-19-7-3-1-4-8-19/h1-13,23,27H,14-15,17-18H2/t23-/m1/s1. The van der Waals surface area contributed by atoms with E-state index in [1.165, 1.54) is 5.56 Å². The summed E-state index contributed by atoms with van der Waals surface area (Å²) in [6, 6.07) is 28.0. The van der Waals surface area contributed by atoms with Crippen LogP contribution in [-0.4, -0.2) is 23.4 Å². The molecule has 0 fully saturated rings. The van der Waals surface area contributed by atoms with Crippen LogP contribution in [0.4, 0.5) is 5.69 Å². The number of fused-ring (bicyclic) bond motifs is 1. The first-order valence-corrected chi connectivity index (χ1v) is 9.87. The fraction of sp³-hybridized carbons (Fsp3) is 0.200. The van der Waals surface area contributed by atoms with E-state index >= 15 is 0 Å². The van der Waals surface area contributed by atoms with Gasteiger partial charge in [0.2, 0.25) is 5.91 Å². The van der Waals surface area contributed by atoms with E-state index in [1.54, 1.807) is 0 Å². The first-order chi connectivity index (χ1) is 14.2. The van der Waals surface area contributed by atoms with Crippen molar-refractivity contribution >= 4 is 11.6 Å². The van der Waals surface area contributed by atoms with Crippen LogP contribution in [0, 0.1) is 11.3 Å². The molecule has 1 heterocycles. The molecule has 1 amide bonds. The van der Waals surface area contributed by atoms with Crippen molar-refractivity contribution in [2.24, 2.45) is 0 Å². The summed E-state index contributed by atoms with van der Waals surface area (Å²) in [6.07, 6.45) is 1.16. The molecule has 29 heavy (non-hydrogen) atoms. The summed E-state index contributed by atoms with van der Waals surface area (Å²) in [7, 11) is 0. The monoisotopic (exact) mass is 381 g/mol. The van der Waals surface area contributed by atoms with Crippen LogP contribution in [0.25, 0.3) is 0 Å². The number of anilines is 1. The second-order valence-corrected chi connectivity index (χ2v) is 7.39. The van der Waals surface area contributed by atoms with E-state index < -0.39 is 0 Å². The topological polar surface area (TPSA) is 56.1 Å². The van der Waals surface area contributed by atoms with Crippen molar-refractivity contribution < 1.29 is 4.79 Å². The van der Waals surface area contributed by atoms with Crippen molar-refractivity contribution in [1.29, 1.82) is 5.26 Å². The highest BCUT2D eigenvalue weighted by molar-refractivity contribution is 5.80. The molecule has 3 aromatic carbocycles. The molecule has 1 aliphatic heterocycles. The molecule has 0 bridgehead atoms. The number of benzene rings is 3. The van der Waals surface area contributed by atoms with E-state index in [1.807, 2.05) is 71.6 Å². The summed E-state index contributed by atoms with van der Waals surface area (Å²) in [5, 5.41) is 12.8. The minimum absolute atomic E-state index is 0.0338. The van der Waals surface area contributed by atoms with Gasteiger partial charge in [-0.2, -0.15) is 5.26 Å². The predicted molar refractivity (Wildman–Crippen MR) is 114 cm³/mol. The molecular weight excluding hydrogens is 358 g/mol. The average molecular weight is 381 g/mol.